The zero-order valence-electron chi connectivity index (χ0n) is 13.2. The molecule has 0 aliphatic heterocycles. The van der Waals surface area contributed by atoms with Crippen LogP contribution in [-0.4, -0.2) is 22.4 Å². The number of amides is 1. The molecule has 1 amide bonds. The van der Waals surface area contributed by atoms with Crippen molar-refractivity contribution in [2.45, 2.75) is 26.2 Å². The molecule has 1 aromatic heterocycles. The molecular formula is C16H17N3O4S. The molecule has 3 rings (SSSR count). The number of thiazole rings is 1. The predicted octanol–water partition coefficient (Wildman–Crippen LogP) is 3.19. The molecule has 1 aliphatic rings. The summed E-state index contributed by atoms with van der Waals surface area (Å²) in [5.41, 5.74) is 1.07. The molecule has 0 saturated carbocycles. The molecule has 1 atom stereocenters. The van der Waals surface area contributed by atoms with Crippen molar-refractivity contribution in [2.75, 3.05) is 11.9 Å². The fourth-order valence-corrected chi connectivity index (χ4v) is 3.75. The van der Waals surface area contributed by atoms with E-state index in [1.807, 2.05) is 0 Å². The largest absolute Gasteiger partial charge is 0.484 e. The highest BCUT2D eigenvalue weighted by atomic mass is 32.1. The second kappa shape index (κ2) is 6.96. The van der Waals surface area contributed by atoms with E-state index in [4.69, 9.17) is 4.74 Å². The first-order chi connectivity index (χ1) is 11.5. The monoisotopic (exact) mass is 347 g/mol. The summed E-state index contributed by atoms with van der Waals surface area (Å²) in [5, 5.41) is 13.9. The van der Waals surface area contributed by atoms with Gasteiger partial charge in [0, 0.05) is 17.0 Å². The zero-order chi connectivity index (χ0) is 17.1. The molecule has 1 N–H and O–H groups in total. The number of aromatic nitrogens is 1. The number of hydrogen-bond donors (Lipinski definition) is 1. The van der Waals surface area contributed by atoms with Crippen molar-refractivity contribution in [3.05, 3.63) is 45.0 Å². The van der Waals surface area contributed by atoms with Crippen LogP contribution < -0.4 is 10.1 Å². The van der Waals surface area contributed by atoms with E-state index in [2.05, 4.69) is 17.2 Å². The van der Waals surface area contributed by atoms with Gasteiger partial charge >= 0.3 is 0 Å². The van der Waals surface area contributed by atoms with Gasteiger partial charge in [0.1, 0.15) is 5.75 Å². The number of carbonyl (C=O) groups excluding carboxylic acids is 1. The van der Waals surface area contributed by atoms with Crippen LogP contribution in [0.3, 0.4) is 0 Å². The van der Waals surface area contributed by atoms with Crippen LogP contribution in [0.25, 0.3) is 0 Å². The Bertz CT molecular complexity index is 757. The van der Waals surface area contributed by atoms with Crippen LogP contribution in [0.5, 0.6) is 5.75 Å². The van der Waals surface area contributed by atoms with Crippen LogP contribution in [0.2, 0.25) is 0 Å². The highest BCUT2D eigenvalue weighted by molar-refractivity contribution is 7.15. The number of carbonyl (C=O) groups is 1. The number of non-ortho nitro benzene ring substituents is 1. The number of rotatable bonds is 5. The van der Waals surface area contributed by atoms with Gasteiger partial charge in [-0.2, -0.15) is 0 Å². The number of nitro benzene ring substituents is 1. The Kier molecular flexibility index (Phi) is 4.75. The van der Waals surface area contributed by atoms with E-state index >= 15 is 0 Å². The molecule has 0 bridgehead atoms. The first kappa shape index (κ1) is 16.4. The summed E-state index contributed by atoms with van der Waals surface area (Å²) in [4.78, 5) is 27.8. The molecule has 1 heterocycles. The average molecular weight is 347 g/mol. The summed E-state index contributed by atoms with van der Waals surface area (Å²) in [7, 11) is 0. The number of aryl methyl sites for hydroxylation is 1. The predicted molar refractivity (Wildman–Crippen MR) is 90.5 cm³/mol. The van der Waals surface area contributed by atoms with Gasteiger partial charge in [-0.15, -0.1) is 11.3 Å². The number of ether oxygens (including phenoxy) is 1. The van der Waals surface area contributed by atoms with Gasteiger partial charge in [-0.3, -0.25) is 20.2 Å². The van der Waals surface area contributed by atoms with Gasteiger partial charge in [0.05, 0.1) is 10.6 Å². The van der Waals surface area contributed by atoms with Gasteiger partial charge in [0.25, 0.3) is 11.6 Å². The van der Waals surface area contributed by atoms with Crippen molar-refractivity contribution >= 4 is 28.1 Å². The van der Waals surface area contributed by atoms with Crippen molar-refractivity contribution in [1.29, 1.82) is 0 Å². The number of hydrogen-bond acceptors (Lipinski definition) is 6. The summed E-state index contributed by atoms with van der Waals surface area (Å²) in [6.07, 6.45) is 3.11. The number of fused-ring (bicyclic) bond motifs is 1. The number of nitrogens with one attached hydrogen (secondary N) is 1. The normalized spacial score (nSPS) is 16.3. The second-order valence-corrected chi connectivity index (χ2v) is 6.91. The quantitative estimate of drug-likeness (QED) is 0.662. The Morgan fingerprint density at radius 3 is 2.92 bits per heavy atom. The smallest absolute Gasteiger partial charge is 0.269 e. The average Bonchev–Trinajstić information content (AvgIpc) is 2.94. The molecule has 24 heavy (non-hydrogen) atoms. The summed E-state index contributed by atoms with van der Waals surface area (Å²) >= 11 is 1.52. The molecule has 0 unspecified atom stereocenters. The van der Waals surface area contributed by atoms with Crippen LogP contribution >= 0.6 is 11.3 Å². The molecule has 0 saturated heterocycles. The van der Waals surface area contributed by atoms with Crippen LogP contribution in [0.4, 0.5) is 10.8 Å². The lowest BCUT2D eigenvalue weighted by atomic mass is 9.93. The SMILES string of the molecule is C[C@@H]1CCc2nc(NC(=O)COc3ccc([N+](=O)[O-])cc3)sc2C1. The van der Waals surface area contributed by atoms with E-state index in [1.165, 1.54) is 40.5 Å². The minimum atomic E-state index is -0.485. The minimum absolute atomic E-state index is 0.0191. The summed E-state index contributed by atoms with van der Waals surface area (Å²) < 4.78 is 5.34. The molecule has 126 valence electrons. The van der Waals surface area contributed by atoms with Crippen LogP contribution in [0, 0.1) is 16.0 Å². The second-order valence-electron chi connectivity index (χ2n) is 5.82. The van der Waals surface area contributed by atoms with Crippen molar-refractivity contribution in [3.8, 4) is 5.75 Å². The van der Waals surface area contributed by atoms with Crippen molar-refractivity contribution in [1.82, 2.24) is 4.98 Å². The third-order valence-corrected chi connectivity index (χ3v) is 4.89. The Labute approximate surface area is 142 Å². The number of benzene rings is 1. The fraction of sp³-hybridized carbons (Fsp3) is 0.375. The molecular weight excluding hydrogens is 330 g/mol. The molecule has 0 spiro atoms. The van der Waals surface area contributed by atoms with E-state index in [-0.39, 0.29) is 18.2 Å². The first-order valence-corrected chi connectivity index (χ1v) is 8.48. The Balaban J connectivity index is 1.53. The number of nitrogens with zero attached hydrogens (tertiary/aromatic N) is 2. The Morgan fingerprint density at radius 2 is 2.21 bits per heavy atom. The molecule has 1 aliphatic carbocycles. The van der Waals surface area contributed by atoms with Crippen molar-refractivity contribution < 1.29 is 14.5 Å². The van der Waals surface area contributed by atoms with E-state index in [0.717, 1.165) is 25.0 Å². The van der Waals surface area contributed by atoms with Gasteiger partial charge in [0.15, 0.2) is 11.7 Å². The number of nitro groups is 1. The van der Waals surface area contributed by atoms with Gasteiger partial charge in [0.2, 0.25) is 0 Å². The summed E-state index contributed by atoms with van der Waals surface area (Å²) in [5.74, 6) is 0.766. The van der Waals surface area contributed by atoms with E-state index in [0.29, 0.717) is 16.8 Å². The van der Waals surface area contributed by atoms with Crippen LogP contribution in [0.15, 0.2) is 24.3 Å². The molecule has 8 heteroatoms. The lowest BCUT2D eigenvalue weighted by Crippen LogP contribution is -2.20. The lowest BCUT2D eigenvalue weighted by Gasteiger charge is -2.15. The van der Waals surface area contributed by atoms with Gasteiger partial charge < -0.3 is 4.74 Å². The maximum atomic E-state index is 12.0. The Morgan fingerprint density at radius 1 is 1.46 bits per heavy atom. The summed E-state index contributed by atoms with van der Waals surface area (Å²) in [6.45, 7) is 2.05. The molecule has 1 aromatic carbocycles. The standard InChI is InChI=1S/C16H17N3O4S/c1-10-2-7-13-14(8-10)24-16(17-13)18-15(20)9-23-12-5-3-11(4-6-12)19(21)22/h3-6,10H,2,7-9H2,1H3,(H,17,18,20)/t10-/m1/s1. The van der Waals surface area contributed by atoms with E-state index < -0.39 is 4.92 Å². The number of anilines is 1. The lowest BCUT2D eigenvalue weighted by molar-refractivity contribution is -0.384. The van der Waals surface area contributed by atoms with Gasteiger partial charge in [-0.05, 0) is 37.3 Å². The molecule has 0 fully saturated rings. The fourth-order valence-electron chi connectivity index (χ4n) is 2.56. The van der Waals surface area contributed by atoms with Crippen molar-refractivity contribution in [3.63, 3.8) is 0 Å². The molecule has 0 radical (unpaired) electrons. The van der Waals surface area contributed by atoms with E-state index in [9.17, 15) is 14.9 Å². The summed E-state index contributed by atoms with van der Waals surface area (Å²) in [6, 6.07) is 5.61. The highest BCUT2D eigenvalue weighted by Gasteiger charge is 2.20. The van der Waals surface area contributed by atoms with Crippen LogP contribution in [0.1, 0.15) is 23.9 Å². The molecule has 2 aromatic rings. The van der Waals surface area contributed by atoms with E-state index in [1.54, 1.807) is 0 Å². The maximum Gasteiger partial charge on any atom is 0.269 e. The Hall–Kier alpha value is -2.48. The highest BCUT2D eigenvalue weighted by Crippen LogP contribution is 2.32. The first-order valence-electron chi connectivity index (χ1n) is 7.67. The third-order valence-electron chi connectivity index (χ3n) is 3.85. The zero-order valence-corrected chi connectivity index (χ0v) is 14.0. The topological polar surface area (TPSA) is 94.4 Å². The van der Waals surface area contributed by atoms with Gasteiger partial charge in [-0.1, -0.05) is 6.92 Å². The maximum absolute atomic E-state index is 12.0. The minimum Gasteiger partial charge on any atom is -0.484 e. The van der Waals surface area contributed by atoms with Crippen molar-refractivity contribution in [2.24, 2.45) is 5.92 Å². The molecule has 7 nitrogen and oxygen atoms in total. The van der Waals surface area contributed by atoms with Gasteiger partial charge in [-0.25, -0.2) is 4.98 Å². The van der Waals surface area contributed by atoms with Crippen LogP contribution in [-0.2, 0) is 17.6 Å². The third kappa shape index (κ3) is 3.88.